The Kier molecular flexibility index (Phi) is 5.44. The summed E-state index contributed by atoms with van der Waals surface area (Å²) in [5, 5.41) is 4.59. The largest absolute Gasteiger partial charge is 0.493 e. The van der Waals surface area contributed by atoms with E-state index in [1.54, 1.807) is 7.11 Å². The third kappa shape index (κ3) is 3.88. The molecular weight excluding hydrogens is 328 g/mol. The van der Waals surface area contributed by atoms with Crippen LogP contribution in [0.15, 0.2) is 30.5 Å². The van der Waals surface area contributed by atoms with Crippen LogP contribution < -0.4 is 9.47 Å². The van der Waals surface area contributed by atoms with E-state index in [9.17, 15) is 0 Å². The average molecular weight is 356 g/mol. The predicted molar refractivity (Wildman–Crippen MR) is 101 cm³/mol. The number of hydrogen-bond donors (Lipinski definition) is 0. The molecule has 2 aromatic rings. The molecule has 1 atom stereocenters. The van der Waals surface area contributed by atoms with Crippen LogP contribution in [-0.2, 0) is 11.3 Å². The van der Waals surface area contributed by atoms with Crippen molar-refractivity contribution in [2.24, 2.45) is 5.92 Å². The van der Waals surface area contributed by atoms with Crippen molar-refractivity contribution in [1.29, 1.82) is 0 Å². The van der Waals surface area contributed by atoms with Gasteiger partial charge in [0.25, 0.3) is 0 Å². The zero-order chi connectivity index (χ0) is 17.8. The summed E-state index contributed by atoms with van der Waals surface area (Å²) in [6.45, 7) is 2.41. The SMILES string of the molecule is COc1ccc(-c2ccnn2CC2CCCCC2)cc1OC1CCOC1. The second-order valence-electron chi connectivity index (χ2n) is 7.37. The quantitative estimate of drug-likeness (QED) is 0.774. The molecule has 2 heterocycles. The number of benzene rings is 1. The van der Waals surface area contributed by atoms with Gasteiger partial charge in [0.2, 0.25) is 0 Å². The van der Waals surface area contributed by atoms with Gasteiger partial charge in [0.05, 0.1) is 26.0 Å². The lowest BCUT2D eigenvalue weighted by Gasteiger charge is -2.22. The molecule has 2 aliphatic rings. The lowest BCUT2D eigenvalue weighted by Crippen LogP contribution is -2.16. The van der Waals surface area contributed by atoms with E-state index in [4.69, 9.17) is 14.2 Å². The molecule has 0 amide bonds. The summed E-state index contributed by atoms with van der Waals surface area (Å²) in [5.41, 5.74) is 2.26. The normalized spacial score (nSPS) is 21.0. The molecule has 0 spiro atoms. The van der Waals surface area contributed by atoms with Crippen LogP contribution in [0.2, 0.25) is 0 Å². The van der Waals surface area contributed by atoms with Gasteiger partial charge in [0.15, 0.2) is 11.5 Å². The van der Waals surface area contributed by atoms with Crippen molar-refractivity contribution in [3.8, 4) is 22.8 Å². The molecular formula is C21H28N2O3. The minimum Gasteiger partial charge on any atom is -0.493 e. The number of rotatable bonds is 6. The van der Waals surface area contributed by atoms with Crippen molar-refractivity contribution < 1.29 is 14.2 Å². The zero-order valence-electron chi connectivity index (χ0n) is 15.5. The van der Waals surface area contributed by atoms with Gasteiger partial charge in [0.1, 0.15) is 6.10 Å². The van der Waals surface area contributed by atoms with Crippen LogP contribution in [0.5, 0.6) is 11.5 Å². The molecule has 2 fully saturated rings. The third-order valence-corrected chi connectivity index (χ3v) is 5.51. The van der Waals surface area contributed by atoms with E-state index >= 15 is 0 Å². The summed E-state index contributed by atoms with van der Waals surface area (Å²) in [6, 6.07) is 8.24. The van der Waals surface area contributed by atoms with Gasteiger partial charge in [0, 0.05) is 24.7 Å². The lowest BCUT2D eigenvalue weighted by molar-refractivity contribution is 0.138. The molecule has 4 rings (SSSR count). The maximum Gasteiger partial charge on any atom is 0.162 e. The summed E-state index contributed by atoms with van der Waals surface area (Å²) >= 11 is 0. The van der Waals surface area contributed by atoms with E-state index in [1.807, 2.05) is 12.3 Å². The number of ether oxygens (including phenoxy) is 3. The van der Waals surface area contributed by atoms with Crippen LogP contribution in [-0.4, -0.2) is 36.2 Å². The summed E-state index contributed by atoms with van der Waals surface area (Å²) in [4.78, 5) is 0. The summed E-state index contributed by atoms with van der Waals surface area (Å²) in [7, 11) is 1.68. The Balaban J connectivity index is 1.56. The van der Waals surface area contributed by atoms with Gasteiger partial charge >= 0.3 is 0 Å². The first kappa shape index (κ1) is 17.4. The van der Waals surface area contributed by atoms with E-state index in [-0.39, 0.29) is 6.10 Å². The molecule has 140 valence electrons. The maximum atomic E-state index is 6.15. The summed E-state index contributed by atoms with van der Waals surface area (Å²) < 4.78 is 19.2. The Bertz CT molecular complexity index is 716. The highest BCUT2D eigenvalue weighted by atomic mass is 16.6. The van der Waals surface area contributed by atoms with Crippen molar-refractivity contribution >= 4 is 0 Å². The Morgan fingerprint density at radius 1 is 1.12 bits per heavy atom. The number of hydrogen-bond acceptors (Lipinski definition) is 4. The van der Waals surface area contributed by atoms with Crippen molar-refractivity contribution in [2.75, 3.05) is 20.3 Å². The average Bonchev–Trinajstić information content (AvgIpc) is 3.35. The number of methoxy groups -OCH3 is 1. The lowest BCUT2D eigenvalue weighted by atomic mass is 9.89. The molecule has 5 heteroatoms. The van der Waals surface area contributed by atoms with Crippen LogP contribution in [0.4, 0.5) is 0 Å². The minimum absolute atomic E-state index is 0.103. The topological polar surface area (TPSA) is 45.5 Å². The Hall–Kier alpha value is -2.01. The highest BCUT2D eigenvalue weighted by Crippen LogP contribution is 2.34. The highest BCUT2D eigenvalue weighted by Gasteiger charge is 2.21. The third-order valence-electron chi connectivity index (χ3n) is 5.51. The van der Waals surface area contributed by atoms with Crippen LogP contribution >= 0.6 is 0 Å². The van der Waals surface area contributed by atoms with E-state index in [0.29, 0.717) is 6.61 Å². The van der Waals surface area contributed by atoms with Crippen molar-refractivity contribution in [3.05, 3.63) is 30.5 Å². The molecule has 1 saturated carbocycles. The monoisotopic (exact) mass is 356 g/mol. The molecule has 0 radical (unpaired) electrons. The van der Waals surface area contributed by atoms with Gasteiger partial charge in [-0.15, -0.1) is 0 Å². The van der Waals surface area contributed by atoms with Crippen LogP contribution in [0.1, 0.15) is 38.5 Å². The van der Waals surface area contributed by atoms with Gasteiger partial charge in [-0.3, -0.25) is 4.68 Å². The molecule has 5 nitrogen and oxygen atoms in total. The van der Waals surface area contributed by atoms with Crippen LogP contribution in [0.25, 0.3) is 11.3 Å². The second-order valence-corrected chi connectivity index (χ2v) is 7.37. The number of nitrogens with zero attached hydrogens (tertiary/aromatic N) is 2. The molecule has 1 aliphatic carbocycles. The molecule has 1 aliphatic heterocycles. The molecule has 1 aromatic carbocycles. The van der Waals surface area contributed by atoms with E-state index in [1.165, 1.54) is 32.1 Å². The first-order valence-electron chi connectivity index (χ1n) is 9.78. The van der Waals surface area contributed by atoms with Gasteiger partial charge in [-0.2, -0.15) is 5.10 Å². The first-order valence-corrected chi connectivity index (χ1v) is 9.78. The molecule has 1 aromatic heterocycles. The van der Waals surface area contributed by atoms with Crippen molar-refractivity contribution in [2.45, 2.75) is 51.2 Å². The van der Waals surface area contributed by atoms with Crippen LogP contribution in [0, 0.1) is 5.92 Å². The molecule has 0 bridgehead atoms. The Labute approximate surface area is 155 Å². The molecule has 26 heavy (non-hydrogen) atoms. The summed E-state index contributed by atoms with van der Waals surface area (Å²) in [6.07, 6.45) is 9.64. The first-order chi connectivity index (χ1) is 12.8. The minimum atomic E-state index is 0.103. The fourth-order valence-corrected chi connectivity index (χ4v) is 4.05. The van der Waals surface area contributed by atoms with Crippen molar-refractivity contribution in [1.82, 2.24) is 9.78 Å². The van der Waals surface area contributed by atoms with Crippen LogP contribution in [0.3, 0.4) is 0 Å². The van der Waals surface area contributed by atoms with Gasteiger partial charge < -0.3 is 14.2 Å². The van der Waals surface area contributed by atoms with Gasteiger partial charge in [-0.25, -0.2) is 0 Å². The van der Waals surface area contributed by atoms with Gasteiger partial charge in [-0.1, -0.05) is 19.3 Å². The van der Waals surface area contributed by atoms with E-state index in [2.05, 4.69) is 28.0 Å². The predicted octanol–water partition coefficient (Wildman–Crippen LogP) is 4.31. The molecule has 1 saturated heterocycles. The molecule has 0 N–H and O–H groups in total. The second kappa shape index (κ2) is 8.12. The zero-order valence-corrected chi connectivity index (χ0v) is 15.5. The summed E-state index contributed by atoms with van der Waals surface area (Å²) in [5.74, 6) is 2.29. The smallest absolute Gasteiger partial charge is 0.162 e. The van der Waals surface area contributed by atoms with Crippen molar-refractivity contribution in [3.63, 3.8) is 0 Å². The highest BCUT2D eigenvalue weighted by molar-refractivity contribution is 5.64. The molecule has 1 unspecified atom stereocenters. The van der Waals surface area contributed by atoms with Gasteiger partial charge in [-0.05, 0) is 43.0 Å². The standard InChI is InChI=1S/C21H28N2O3/c1-24-20-8-7-17(13-21(20)26-18-10-12-25-15-18)19-9-11-22-23(19)14-16-5-3-2-4-6-16/h7-9,11,13,16,18H,2-6,10,12,14-15H2,1H3. The number of aromatic nitrogens is 2. The fourth-order valence-electron chi connectivity index (χ4n) is 4.05. The fraction of sp³-hybridized carbons (Fsp3) is 0.571. The maximum absolute atomic E-state index is 6.15. The van der Waals surface area contributed by atoms with E-state index < -0.39 is 0 Å². The Morgan fingerprint density at radius 2 is 2.00 bits per heavy atom. The van der Waals surface area contributed by atoms with E-state index in [0.717, 1.165) is 48.2 Å². The Morgan fingerprint density at radius 3 is 2.77 bits per heavy atom.